The normalized spacial score (nSPS) is 24.0. The molecule has 1 aliphatic heterocycles. The maximum absolute atomic E-state index is 16.3. The van der Waals surface area contributed by atoms with Gasteiger partial charge in [0.25, 0.3) is 5.56 Å². The monoisotopic (exact) mass is 467 g/mol. The van der Waals surface area contributed by atoms with E-state index in [9.17, 15) is 24.3 Å². The van der Waals surface area contributed by atoms with E-state index in [0.29, 0.717) is 0 Å². The first-order valence-electron chi connectivity index (χ1n) is 10.3. The number of carboxylic acid groups (broad SMARTS) is 1. The van der Waals surface area contributed by atoms with Crippen molar-refractivity contribution in [2.24, 2.45) is 0 Å². The molecule has 2 heterocycles. The Labute approximate surface area is 192 Å². The maximum Gasteiger partial charge on any atom is 0.338 e. The van der Waals surface area contributed by atoms with Gasteiger partial charge in [0, 0.05) is 17.8 Å². The van der Waals surface area contributed by atoms with E-state index in [1.807, 2.05) is 4.98 Å². The number of ether oxygens (including phenoxy) is 2. The Hall–Kier alpha value is -4.05. The van der Waals surface area contributed by atoms with Crippen molar-refractivity contribution in [1.82, 2.24) is 9.55 Å². The lowest BCUT2D eigenvalue weighted by Gasteiger charge is -2.28. The van der Waals surface area contributed by atoms with E-state index >= 15 is 4.39 Å². The number of carbonyl (C=O) groups excluding carboxylic acids is 2. The predicted octanol–water partition coefficient (Wildman–Crippen LogP) is 1.43. The van der Waals surface area contributed by atoms with Gasteiger partial charge in [-0.25, -0.2) is 14.0 Å². The maximum atomic E-state index is 16.3. The van der Waals surface area contributed by atoms with Crippen molar-refractivity contribution in [2.45, 2.75) is 38.0 Å². The van der Waals surface area contributed by atoms with Gasteiger partial charge in [0.1, 0.15) is 6.10 Å². The highest BCUT2D eigenvalue weighted by molar-refractivity contribution is 5.89. The molecule has 0 saturated carbocycles. The van der Waals surface area contributed by atoms with Crippen LogP contribution in [-0.2, 0) is 9.47 Å². The number of nitrogens with one attached hydrogen (secondary N) is 1. The first-order valence-corrected chi connectivity index (χ1v) is 10.3. The van der Waals surface area contributed by atoms with Gasteiger partial charge in [0.2, 0.25) is 0 Å². The average molecular weight is 467 g/mol. The van der Waals surface area contributed by atoms with E-state index < -0.39 is 47.3 Å². The zero-order valence-electron chi connectivity index (χ0n) is 18.2. The van der Waals surface area contributed by atoms with Crippen LogP contribution in [0.5, 0.6) is 0 Å². The number of aromatic nitrogens is 2. The number of halogens is 1. The second kappa shape index (κ2) is 8.71. The molecule has 0 aliphatic carbocycles. The number of esters is 1. The third kappa shape index (κ3) is 4.03. The van der Waals surface area contributed by atoms with Crippen molar-refractivity contribution < 1.29 is 28.6 Å². The standard InChI is InChI=1S/C24H21FN2O7/c1-13-15(9-6-10-16(13)20(29)30)18-19(34-21(31)14-7-4-3-5-8-14)24(2,25)22(33-18)27-12-11-17(28)26-23(27)32/h3-12,18-19,22H,1-2H3,(H,29,30)(H,26,28,32)/p-1/t18-,19-,22+,24-/m1/s1. The van der Waals surface area contributed by atoms with Crippen LogP contribution >= 0.6 is 0 Å². The van der Waals surface area contributed by atoms with Gasteiger partial charge in [-0.15, -0.1) is 0 Å². The summed E-state index contributed by atoms with van der Waals surface area (Å²) in [4.78, 5) is 50.3. The number of carbonyl (C=O) groups is 2. The molecule has 0 bridgehead atoms. The van der Waals surface area contributed by atoms with Gasteiger partial charge in [-0.2, -0.15) is 0 Å². The predicted molar refractivity (Wildman–Crippen MR) is 115 cm³/mol. The summed E-state index contributed by atoms with van der Waals surface area (Å²) in [7, 11) is 0. The van der Waals surface area contributed by atoms with Crippen molar-refractivity contribution in [2.75, 3.05) is 0 Å². The summed E-state index contributed by atoms with van der Waals surface area (Å²) in [6, 6.07) is 13.2. The molecule has 1 N–H and O–H groups in total. The van der Waals surface area contributed by atoms with Crippen LogP contribution in [0.2, 0.25) is 0 Å². The molecule has 1 fully saturated rings. The van der Waals surface area contributed by atoms with Crippen molar-refractivity contribution in [3.05, 3.63) is 104 Å². The van der Waals surface area contributed by atoms with Crippen LogP contribution in [0.4, 0.5) is 4.39 Å². The molecule has 10 heteroatoms. The third-order valence-corrected chi connectivity index (χ3v) is 5.84. The number of aromatic carboxylic acids is 1. The Kier molecular flexibility index (Phi) is 5.92. The minimum absolute atomic E-state index is 0.139. The number of nitrogens with zero attached hydrogens (tertiary/aromatic N) is 1. The van der Waals surface area contributed by atoms with Gasteiger partial charge >= 0.3 is 11.7 Å². The molecule has 4 rings (SSSR count). The molecule has 34 heavy (non-hydrogen) atoms. The van der Waals surface area contributed by atoms with Gasteiger partial charge in [0.15, 0.2) is 18.0 Å². The fourth-order valence-electron chi connectivity index (χ4n) is 4.08. The van der Waals surface area contributed by atoms with Crippen LogP contribution in [-0.4, -0.2) is 33.3 Å². The van der Waals surface area contributed by atoms with Crippen LogP contribution < -0.4 is 16.4 Å². The Balaban J connectivity index is 1.83. The lowest BCUT2D eigenvalue weighted by molar-refractivity contribution is -0.255. The van der Waals surface area contributed by atoms with Crippen LogP contribution in [0.15, 0.2) is 70.4 Å². The van der Waals surface area contributed by atoms with E-state index in [4.69, 9.17) is 9.47 Å². The molecule has 2 aromatic carbocycles. The number of aromatic amines is 1. The summed E-state index contributed by atoms with van der Waals surface area (Å²) >= 11 is 0. The van der Waals surface area contributed by atoms with E-state index in [2.05, 4.69) is 0 Å². The van der Waals surface area contributed by atoms with Crippen molar-refractivity contribution in [1.29, 1.82) is 0 Å². The Morgan fingerprint density at radius 2 is 1.82 bits per heavy atom. The zero-order valence-corrected chi connectivity index (χ0v) is 18.2. The second-order valence-electron chi connectivity index (χ2n) is 8.08. The quantitative estimate of drug-likeness (QED) is 0.562. The van der Waals surface area contributed by atoms with Crippen LogP contribution in [0, 0.1) is 6.92 Å². The third-order valence-electron chi connectivity index (χ3n) is 5.84. The Morgan fingerprint density at radius 3 is 2.47 bits per heavy atom. The largest absolute Gasteiger partial charge is 0.545 e. The molecule has 3 aromatic rings. The van der Waals surface area contributed by atoms with Crippen molar-refractivity contribution in [3.8, 4) is 0 Å². The molecule has 0 spiro atoms. The Morgan fingerprint density at radius 1 is 1.12 bits per heavy atom. The first kappa shape index (κ1) is 23.1. The highest BCUT2D eigenvalue weighted by Gasteiger charge is 2.59. The molecule has 1 aliphatic rings. The second-order valence-corrected chi connectivity index (χ2v) is 8.08. The number of alkyl halides is 1. The summed E-state index contributed by atoms with van der Waals surface area (Å²) in [5.41, 5.74) is -3.55. The van der Waals surface area contributed by atoms with Gasteiger partial charge in [-0.3, -0.25) is 14.3 Å². The number of H-pyrrole nitrogens is 1. The summed E-state index contributed by atoms with van der Waals surface area (Å²) in [6.45, 7) is 2.60. The fourth-order valence-corrected chi connectivity index (χ4v) is 4.08. The van der Waals surface area contributed by atoms with Gasteiger partial charge in [-0.1, -0.05) is 36.4 Å². The summed E-state index contributed by atoms with van der Waals surface area (Å²) in [5.74, 6) is -2.27. The lowest BCUT2D eigenvalue weighted by atomic mass is 9.90. The smallest absolute Gasteiger partial charge is 0.338 e. The van der Waals surface area contributed by atoms with Crippen molar-refractivity contribution in [3.63, 3.8) is 0 Å². The molecule has 0 unspecified atom stereocenters. The summed E-state index contributed by atoms with van der Waals surface area (Å²) in [5, 5.41) is 11.5. The molecular formula is C24H20FN2O7-. The summed E-state index contributed by atoms with van der Waals surface area (Å²) < 4.78 is 28.6. The van der Waals surface area contributed by atoms with Gasteiger partial charge in [-0.05, 0) is 37.1 Å². The molecule has 4 atom stereocenters. The van der Waals surface area contributed by atoms with Crippen LogP contribution in [0.25, 0.3) is 0 Å². The van der Waals surface area contributed by atoms with E-state index in [-0.39, 0.29) is 22.3 Å². The van der Waals surface area contributed by atoms with E-state index in [0.717, 1.165) is 23.8 Å². The molecule has 0 amide bonds. The van der Waals surface area contributed by atoms with Crippen molar-refractivity contribution >= 4 is 11.9 Å². The summed E-state index contributed by atoms with van der Waals surface area (Å²) in [6.07, 6.45) is -3.36. The Bertz CT molecular complexity index is 1360. The SMILES string of the molecule is Cc1c(C(=O)[O-])cccc1[C@H]1O[C@H](n2ccc(=O)[nH]c2=O)[C@](C)(F)[C@@H]1OC(=O)c1ccccc1. The number of hydrogen-bond donors (Lipinski definition) is 1. The van der Waals surface area contributed by atoms with Gasteiger partial charge < -0.3 is 19.4 Å². The lowest BCUT2D eigenvalue weighted by Crippen LogP contribution is -2.44. The highest BCUT2D eigenvalue weighted by Crippen LogP contribution is 2.49. The fraction of sp³-hybridized carbons (Fsp3) is 0.250. The van der Waals surface area contributed by atoms with Crippen LogP contribution in [0.3, 0.4) is 0 Å². The molecule has 176 valence electrons. The number of carboxylic acids is 1. The number of rotatable bonds is 5. The molecule has 1 aromatic heterocycles. The van der Waals surface area contributed by atoms with Crippen LogP contribution in [0.1, 0.15) is 51.1 Å². The minimum Gasteiger partial charge on any atom is -0.545 e. The topological polar surface area (TPSA) is 131 Å². The average Bonchev–Trinajstić information content (AvgIpc) is 3.04. The zero-order chi connectivity index (χ0) is 24.6. The molecule has 0 radical (unpaired) electrons. The molecule has 9 nitrogen and oxygen atoms in total. The molecular weight excluding hydrogens is 447 g/mol. The molecule has 1 saturated heterocycles. The highest BCUT2D eigenvalue weighted by atomic mass is 19.1. The van der Waals surface area contributed by atoms with E-state index in [1.54, 1.807) is 18.2 Å². The van der Waals surface area contributed by atoms with E-state index in [1.165, 1.54) is 37.3 Å². The minimum atomic E-state index is -2.46. The first-order chi connectivity index (χ1) is 16.1. The number of benzene rings is 2. The van der Waals surface area contributed by atoms with Gasteiger partial charge in [0.05, 0.1) is 11.5 Å². The number of hydrogen-bond acceptors (Lipinski definition) is 7.